The molecule has 2 atom stereocenters. The number of hydrogen-bond donors (Lipinski definition) is 0. The largest absolute Gasteiger partial charge is 0.323 e. The number of carbonyl (C=O) groups is 1. The first-order chi connectivity index (χ1) is 5.46. The van der Waals surface area contributed by atoms with Gasteiger partial charge in [0.2, 0.25) is 0 Å². The summed E-state index contributed by atoms with van der Waals surface area (Å²) in [5.41, 5.74) is 0. The van der Waals surface area contributed by atoms with Crippen molar-refractivity contribution in [3.63, 3.8) is 0 Å². The number of amides is 2. The monoisotopic (exact) mass is 170 g/mol. The van der Waals surface area contributed by atoms with Gasteiger partial charge in [0.25, 0.3) is 0 Å². The summed E-state index contributed by atoms with van der Waals surface area (Å²) in [5, 5.41) is 0. The number of hydrogen-bond acceptors (Lipinski definition) is 1. The van der Waals surface area contributed by atoms with Gasteiger partial charge < -0.3 is 9.80 Å². The van der Waals surface area contributed by atoms with E-state index in [0.717, 1.165) is 0 Å². The second-order valence-electron chi connectivity index (χ2n) is 3.88. The van der Waals surface area contributed by atoms with E-state index >= 15 is 0 Å². The molecule has 0 aromatic carbocycles. The van der Waals surface area contributed by atoms with Gasteiger partial charge in [-0.1, -0.05) is 0 Å². The Bertz CT molecular complexity index is 191. The van der Waals surface area contributed by atoms with E-state index in [1.54, 1.807) is 0 Å². The third-order valence-electron chi connectivity index (χ3n) is 2.83. The minimum Gasteiger partial charge on any atom is -0.323 e. The van der Waals surface area contributed by atoms with E-state index in [-0.39, 0.29) is 6.03 Å². The van der Waals surface area contributed by atoms with Crippen molar-refractivity contribution >= 4 is 6.03 Å². The smallest absolute Gasteiger partial charge is 0.320 e. The molecular weight excluding hydrogens is 152 g/mol. The highest BCUT2D eigenvalue weighted by atomic mass is 16.2. The van der Waals surface area contributed by atoms with Gasteiger partial charge in [0.1, 0.15) is 0 Å². The normalized spacial score (nSPS) is 30.7. The number of likely N-dealkylation sites (N-methyl/N-ethyl adjacent to an activating group) is 1. The summed E-state index contributed by atoms with van der Waals surface area (Å²) in [6.45, 7) is 8.30. The molecule has 12 heavy (non-hydrogen) atoms. The van der Waals surface area contributed by atoms with E-state index in [4.69, 9.17) is 0 Å². The molecule has 0 spiro atoms. The Kier molecular flexibility index (Phi) is 2.31. The predicted octanol–water partition coefficient (Wildman–Crippen LogP) is 1.54. The lowest BCUT2D eigenvalue weighted by molar-refractivity contribution is 0.179. The van der Waals surface area contributed by atoms with Crippen molar-refractivity contribution in [3.05, 3.63) is 0 Å². The molecule has 3 heteroatoms. The molecule has 2 unspecified atom stereocenters. The van der Waals surface area contributed by atoms with Gasteiger partial charge in [0.15, 0.2) is 0 Å². The summed E-state index contributed by atoms with van der Waals surface area (Å²) in [5.74, 6) is 0. The van der Waals surface area contributed by atoms with Crippen molar-refractivity contribution in [2.75, 3.05) is 7.05 Å². The SMILES string of the molecule is CC1C(C)N(C(C)C)C(=O)N1C. The summed E-state index contributed by atoms with van der Waals surface area (Å²) in [7, 11) is 1.87. The number of nitrogens with zero attached hydrogens (tertiary/aromatic N) is 2. The zero-order valence-corrected chi connectivity index (χ0v) is 8.53. The molecule has 0 aromatic heterocycles. The zero-order chi connectivity index (χ0) is 9.46. The molecular formula is C9H18N2O. The number of rotatable bonds is 1. The average molecular weight is 170 g/mol. The van der Waals surface area contributed by atoms with E-state index in [1.807, 2.05) is 16.8 Å². The number of urea groups is 1. The Morgan fingerprint density at radius 1 is 1.25 bits per heavy atom. The van der Waals surface area contributed by atoms with Gasteiger partial charge in [-0.3, -0.25) is 0 Å². The van der Waals surface area contributed by atoms with Gasteiger partial charge in [-0.25, -0.2) is 4.79 Å². The Morgan fingerprint density at radius 3 is 1.92 bits per heavy atom. The van der Waals surface area contributed by atoms with Crippen LogP contribution < -0.4 is 0 Å². The third-order valence-corrected chi connectivity index (χ3v) is 2.83. The first kappa shape index (κ1) is 9.36. The standard InChI is InChI=1S/C9H18N2O/c1-6(2)11-8(4)7(3)10(5)9(11)12/h6-8H,1-5H3. The van der Waals surface area contributed by atoms with E-state index in [9.17, 15) is 4.79 Å². The Balaban J connectivity index is 2.83. The maximum absolute atomic E-state index is 11.6. The number of carbonyl (C=O) groups excluding carboxylic acids is 1. The van der Waals surface area contributed by atoms with Gasteiger partial charge >= 0.3 is 6.03 Å². The van der Waals surface area contributed by atoms with Crippen LogP contribution in [0.25, 0.3) is 0 Å². The Hall–Kier alpha value is -0.730. The van der Waals surface area contributed by atoms with Gasteiger partial charge in [0.05, 0.1) is 12.1 Å². The Labute approximate surface area is 74.3 Å². The fraction of sp³-hybridized carbons (Fsp3) is 0.889. The Morgan fingerprint density at radius 2 is 1.75 bits per heavy atom. The van der Waals surface area contributed by atoms with Gasteiger partial charge in [-0.15, -0.1) is 0 Å². The van der Waals surface area contributed by atoms with Crippen LogP contribution in [0.1, 0.15) is 27.7 Å². The molecule has 3 nitrogen and oxygen atoms in total. The summed E-state index contributed by atoms with van der Waals surface area (Å²) >= 11 is 0. The van der Waals surface area contributed by atoms with E-state index in [1.165, 1.54) is 0 Å². The van der Waals surface area contributed by atoms with Gasteiger partial charge in [-0.05, 0) is 27.7 Å². The lowest BCUT2D eigenvalue weighted by Crippen LogP contribution is -2.38. The van der Waals surface area contributed by atoms with Crippen LogP contribution >= 0.6 is 0 Å². The molecule has 2 amide bonds. The van der Waals surface area contributed by atoms with Crippen molar-refractivity contribution in [1.29, 1.82) is 0 Å². The highest BCUT2D eigenvalue weighted by molar-refractivity contribution is 5.77. The first-order valence-corrected chi connectivity index (χ1v) is 4.52. The van der Waals surface area contributed by atoms with Crippen molar-refractivity contribution < 1.29 is 4.79 Å². The zero-order valence-electron chi connectivity index (χ0n) is 8.53. The van der Waals surface area contributed by atoms with Crippen LogP contribution in [-0.4, -0.2) is 41.0 Å². The predicted molar refractivity (Wildman–Crippen MR) is 49.1 cm³/mol. The quantitative estimate of drug-likeness (QED) is 0.585. The molecule has 1 heterocycles. The van der Waals surface area contributed by atoms with Crippen molar-refractivity contribution in [2.45, 2.75) is 45.8 Å². The minimum atomic E-state index is 0.157. The fourth-order valence-corrected chi connectivity index (χ4v) is 1.78. The fourth-order valence-electron chi connectivity index (χ4n) is 1.78. The summed E-state index contributed by atoms with van der Waals surface area (Å²) in [6, 6.07) is 1.13. The maximum Gasteiger partial charge on any atom is 0.320 e. The van der Waals surface area contributed by atoms with Crippen LogP contribution in [0.15, 0.2) is 0 Å². The van der Waals surface area contributed by atoms with Crippen LogP contribution in [0, 0.1) is 0 Å². The highest BCUT2D eigenvalue weighted by Gasteiger charge is 2.39. The van der Waals surface area contributed by atoms with Crippen LogP contribution in [0.2, 0.25) is 0 Å². The molecule has 0 radical (unpaired) electrons. The average Bonchev–Trinajstić information content (AvgIpc) is 2.16. The first-order valence-electron chi connectivity index (χ1n) is 4.52. The molecule has 0 aromatic rings. The van der Waals surface area contributed by atoms with Crippen LogP contribution in [0.5, 0.6) is 0 Å². The maximum atomic E-state index is 11.6. The van der Waals surface area contributed by atoms with E-state index < -0.39 is 0 Å². The molecule has 1 fully saturated rings. The molecule has 1 rings (SSSR count). The second-order valence-corrected chi connectivity index (χ2v) is 3.88. The summed E-state index contributed by atoms with van der Waals surface area (Å²) in [4.78, 5) is 15.4. The second kappa shape index (κ2) is 2.96. The van der Waals surface area contributed by atoms with E-state index in [0.29, 0.717) is 18.1 Å². The van der Waals surface area contributed by atoms with Crippen LogP contribution in [0.4, 0.5) is 4.79 Å². The van der Waals surface area contributed by atoms with Crippen molar-refractivity contribution in [3.8, 4) is 0 Å². The third kappa shape index (κ3) is 1.17. The molecule has 1 aliphatic heterocycles. The van der Waals surface area contributed by atoms with Crippen LogP contribution in [0.3, 0.4) is 0 Å². The molecule has 0 saturated carbocycles. The van der Waals surface area contributed by atoms with E-state index in [2.05, 4.69) is 27.7 Å². The van der Waals surface area contributed by atoms with Crippen LogP contribution in [-0.2, 0) is 0 Å². The molecule has 1 aliphatic rings. The molecule has 70 valence electrons. The van der Waals surface area contributed by atoms with Crippen molar-refractivity contribution in [1.82, 2.24) is 9.80 Å². The lowest BCUT2D eigenvalue weighted by Gasteiger charge is -2.25. The minimum absolute atomic E-state index is 0.157. The summed E-state index contributed by atoms with van der Waals surface area (Å²) < 4.78 is 0. The molecule has 1 saturated heterocycles. The summed E-state index contributed by atoms with van der Waals surface area (Å²) in [6.07, 6.45) is 0. The van der Waals surface area contributed by atoms with Crippen molar-refractivity contribution in [2.24, 2.45) is 0 Å². The molecule has 0 aliphatic carbocycles. The highest BCUT2D eigenvalue weighted by Crippen LogP contribution is 2.22. The molecule has 0 bridgehead atoms. The van der Waals surface area contributed by atoms with Gasteiger partial charge in [0, 0.05) is 13.1 Å². The topological polar surface area (TPSA) is 23.6 Å². The lowest BCUT2D eigenvalue weighted by atomic mass is 10.1. The van der Waals surface area contributed by atoms with Gasteiger partial charge in [-0.2, -0.15) is 0 Å². The molecule has 0 N–H and O–H groups in total.